The van der Waals surface area contributed by atoms with Crippen molar-refractivity contribution in [1.82, 2.24) is 0 Å². The number of rotatable bonds is 18. The van der Waals surface area contributed by atoms with Gasteiger partial charge in [0, 0.05) is 15.1 Å². The Labute approximate surface area is 126 Å². The molecule has 0 atom stereocenters. The average Bonchev–Trinajstić information content (AvgIpc) is 2.50. The molecule has 0 bridgehead atoms. The highest BCUT2D eigenvalue weighted by molar-refractivity contribution is 4.46. The zero-order valence-corrected chi connectivity index (χ0v) is 12.9. The van der Waals surface area contributed by atoms with Gasteiger partial charge in [0.05, 0.1) is 6.61 Å². The van der Waals surface area contributed by atoms with Crippen LogP contribution in [0.25, 0.3) is 0 Å². The molecule has 0 unspecified atom stereocenters. The molecule has 0 rings (SSSR count). The third-order valence-corrected chi connectivity index (χ3v) is 2.85. The van der Waals surface area contributed by atoms with E-state index in [2.05, 4.69) is 48.5 Å². The lowest BCUT2D eigenvalue weighted by Gasteiger charge is -2.02. The Morgan fingerprint density at radius 1 is 0.667 bits per heavy atom. The molecule has 0 fully saturated rings. The topological polar surface area (TPSA) is 64.6 Å². The van der Waals surface area contributed by atoms with Gasteiger partial charge in [-0.3, -0.25) is 0 Å². The van der Waals surface area contributed by atoms with Gasteiger partial charge in [-0.2, -0.15) is 0 Å². The van der Waals surface area contributed by atoms with Crippen molar-refractivity contribution < 1.29 is 35.0 Å². The highest BCUT2D eigenvalue weighted by Gasteiger charge is 1.95. The van der Waals surface area contributed by atoms with Crippen molar-refractivity contribution in [3.05, 3.63) is 12.8 Å². The van der Waals surface area contributed by atoms with Crippen LogP contribution in [0, 0.1) is 0 Å². The van der Waals surface area contributed by atoms with Crippen molar-refractivity contribution in [3.8, 4) is 0 Å². The van der Waals surface area contributed by atoms with Crippen LogP contribution in [0.4, 0.5) is 0 Å². The minimum Gasteiger partial charge on any atom is -0.315 e. The van der Waals surface area contributed by atoms with Crippen LogP contribution >= 0.6 is 0 Å². The molecular weight excluding hydrogens is 280 g/mol. The average molecular weight is 308 g/mol. The van der Waals surface area contributed by atoms with Gasteiger partial charge < -0.3 is 4.89 Å². The summed E-state index contributed by atoms with van der Waals surface area (Å²) in [4.78, 5) is 8.76. The maximum atomic E-state index is 4.67. The predicted molar refractivity (Wildman–Crippen MR) is 74.5 cm³/mol. The molecule has 0 amide bonds. The second-order valence-corrected chi connectivity index (χ2v) is 4.61. The molecule has 0 saturated carbocycles. The van der Waals surface area contributed by atoms with Crippen LogP contribution in [0.3, 0.4) is 0 Å². The summed E-state index contributed by atoms with van der Waals surface area (Å²) in [5.41, 5.74) is 0. The lowest BCUT2D eigenvalue weighted by Crippen LogP contribution is -2.01. The molecule has 0 heterocycles. The van der Waals surface area contributed by atoms with Gasteiger partial charge in [-0.05, 0) is 16.5 Å². The first kappa shape index (κ1) is 20.3. The van der Waals surface area contributed by atoms with Crippen molar-refractivity contribution in [2.75, 3.05) is 6.61 Å². The maximum Gasteiger partial charge on any atom is 0.125 e. The summed E-state index contributed by atoms with van der Waals surface area (Å²) in [7, 11) is 0. The van der Waals surface area contributed by atoms with E-state index in [1.807, 2.05) is 0 Å². The fraction of sp³-hybridized carbons (Fsp3) is 0.857. The SMILES string of the molecule is C=COOOOOOOCCCCCCCCCCCC. The van der Waals surface area contributed by atoms with Crippen molar-refractivity contribution in [2.24, 2.45) is 0 Å². The van der Waals surface area contributed by atoms with Crippen LogP contribution in [0.5, 0.6) is 0 Å². The Morgan fingerprint density at radius 2 is 1.19 bits per heavy atom. The van der Waals surface area contributed by atoms with E-state index in [4.69, 9.17) is 0 Å². The van der Waals surface area contributed by atoms with Crippen molar-refractivity contribution in [1.29, 1.82) is 0 Å². The smallest absolute Gasteiger partial charge is 0.125 e. The molecule has 7 heteroatoms. The van der Waals surface area contributed by atoms with Gasteiger partial charge in [-0.1, -0.05) is 71.3 Å². The Balaban J connectivity index is 2.91. The maximum absolute atomic E-state index is 4.67. The minimum atomic E-state index is 0.421. The quantitative estimate of drug-likeness (QED) is 0.158. The largest absolute Gasteiger partial charge is 0.315 e. The van der Waals surface area contributed by atoms with E-state index < -0.39 is 0 Å². The van der Waals surface area contributed by atoms with Gasteiger partial charge in [0.2, 0.25) is 0 Å². The first-order chi connectivity index (χ1) is 10.4. The lowest BCUT2D eigenvalue weighted by atomic mass is 10.1. The Morgan fingerprint density at radius 3 is 1.81 bits per heavy atom. The van der Waals surface area contributed by atoms with E-state index in [0.29, 0.717) is 6.61 Å². The zero-order valence-electron chi connectivity index (χ0n) is 12.9. The summed E-state index contributed by atoms with van der Waals surface area (Å²) in [6, 6.07) is 0. The summed E-state index contributed by atoms with van der Waals surface area (Å²) in [6.45, 7) is 5.85. The van der Waals surface area contributed by atoms with Crippen LogP contribution in [0.15, 0.2) is 12.8 Å². The number of hydrogen-bond donors (Lipinski definition) is 0. The molecule has 0 aromatic heterocycles. The van der Waals surface area contributed by atoms with E-state index in [0.717, 1.165) is 19.1 Å². The van der Waals surface area contributed by atoms with E-state index in [1.165, 1.54) is 51.4 Å². The minimum absolute atomic E-state index is 0.421. The molecule has 21 heavy (non-hydrogen) atoms. The van der Waals surface area contributed by atoms with Gasteiger partial charge in [0.25, 0.3) is 0 Å². The van der Waals surface area contributed by atoms with Crippen LogP contribution in [-0.4, -0.2) is 6.61 Å². The molecule has 0 saturated heterocycles. The second kappa shape index (κ2) is 19.3. The predicted octanol–water partition coefficient (Wildman–Crippen LogP) is 4.66. The molecule has 7 nitrogen and oxygen atoms in total. The van der Waals surface area contributed by atoms with Crippen LogP contribution in [-0.2, 0) is 35.0 Å². The summed E-state index contributed by atoms with van der Waals surface area (Å²) in [5, 5.41) is 19.8. The van der Waals surface area contributed by atoms with E-state index in [1.54, 1.807) is 0 Å². The molecule has 0 aliphatic rings. The Bertz CT molecular complexity index is 202. The Hall–Kier alpha value is -0.700. The van der Waals surface area contributed by atoms with E-state index in [-0.39, 0.29) is 0 Å². The highest BCUT2D eigenvalue weighted by atomic mass is 17.9. The van der Waals surface area contributed by atoms with Crippen LogP contribution in [0.2, 0.25) is 0 Å². The number of hydrogen-bond acceptors (Lipinski definition) is 7. The molecule has 0 aliphatic carbocycles. The summed E-state index contributed by atoms with van der Waals surface area (Å²) >= 11 is 0. The molecule has 0 N–H and O–H groups in total. The molecule has 0 aromatic carbocycles. The van der Waals surface area contributed by atoms with Crippen molar-refractivity contribution in [2.45, 2.75) is 71.1 Å². The van der Waals surface area contributed by atoms with Gasteiger partial charge in [0.15, 0.2) is 0 Å². The third-order valence-electron chi connectivity index (χ3n) is 2.85. The van der Waals surface area contributed by atoms with Crippen molar-refractivity contribution >= 4 is 0 Å². The monoisotopic (exact) mass is 308 g/mol. The summed E-state index contributed by atoms with van der Waals surface area (Å²) < 4.78 is 0. The van der Waals surface area contributed by atoms with Crippen LogP contribution in [0.1, 0.15) is 71.1 Å². The van der Waals surface area contributed by atoms with Gasteiger partial charge in [-0.25, -0.2) is 4.89 Å². The van der Waals surface area contributed by atoms with Gasteiger partial charge in [0.1, 0.15) is 6.26 Å². The zero-order chi connectivity index (χ0) is 15.4. The first-order valence-corrected chi connectivity index (χ1v) is 7.64. The normalized spacial score (nSPS) is 10.7. The molecule has 0 radical (unpaired) electrons. The van der Waals surface area contributed by atoms with Gasteiger partial charge >= 0.3 is 0 Å². The second-order valence-electron chi connectivity index (χ2n) is 4.61. The Kier molecular flexibility index (Phi) is 18.7. The lowest BCUT2D eigenvalue weighted by molar-refractivity contribution is -0.786. The number of unbranched alkanes of at least 4 members (excludes halogenated alkanes) is 9. The fourth-order valence-electron chi connectivity index (χ4n) is 1.78. The first-order valence-electron chi connectivity index (χ1n) is 7.64. The molecule has 126 valence electrons. The molecule has 0 aliphatic heterocycles. The summed E-state index contributed by atoms with van der Waals surface area (Å²) in [5.74, 6) is 0. The molecular formula is C14H28O7. The summed E-state index contributed by atoms with van der Waals surface area (Å²) in [6.07, 6.45) is 13.6. The highest BCUT2D eigenvalue weighted by Crippen LogP contribution is 2.10. The molecule has 0 spiro atoms. The van der Waals surface area contributed by atoms with E-state index >= 15 is 0 Å². The van der Waals surface area contributed by atoms with Crippen LogP contribution < -0.4 is 0 Å². The van der Waals surface area contributed by atoms with E-state index in [9.17, 15) is 0 Å². The van der Waals surface area contributed by atoms with Crippen molar-refractivity contribution in [3.63, 3.8) is 0 Å². The third kappa shape index (κ3) is 19.3. The fourth-order valence-corrected chi connectivity index (χ4v) is 1.78. The molecule has 0 aromatic rings. The standard InChI is InChI=1S/C14H28O7/c1-3-5-6-7-8-9-10-11-12-13-14-16-18-20-21-19-17-15-4-2/h4H,2-3,5-14H2,1H3. The van der Waals surface area contributed by atoms with Gasteiger partial charge in [-0.15, -0.1) is 0 Å².